The summed E-state index contributed by atoms with van der Waals surface area (Å²) in [7, 11) is 0. The number of rotatable bonds is 5. The molecule has 0 N–H and O–H groups in total. The summed E-state index contributed by atoms with van der Waals surface area (Å²) in [6.07, 6.45) is 0. The highest BCUT2D eigenvalue weighted by Crippen LogP contribution is 2.50. The first-order valence-corrected chi connectivity index (χ1v) is 13.1. The number of nitrogens with zero attached hydrogens (tertiary/aromatic N) is 2. The molecule has 0 radical (unpaired) electrons. The molecule has 40 heavy (non-hydrogen) atoms. The second-order valence-electron chi connectivity index (χ2n) is 9.57. The Balaban J connectivity index is 1.82. The fraction of sp³-hybridized carbons (Fsp3) is 0. The third-order valence-corrected chi connectivity index (χ3v) is 7.16. The van der Waals surface area contributed by atoms with Crippen LogP contribution < -0.4 is 0 Å². The van der Waals surface area contributed by atoms with Gasteiger partial charge >= 0.3 is 0 Å². The first-order chi connectivity index (χ1) is 19.8. The zero-order valence-electron chi connectivity index (χ0n) is 21.8. The van der Waals surface area contributed by atoms with E-state index in [9.17, 15) is 10.5 Å². The summed E-state index contributed by atoms with van der Waals surface area (Å²) in [6, 6.07) is 53.9. The zero-order chi connectivity index (χ0) is 27.3. The molecule has 2 nitrogen and oxygen atoms in total. The largest absolute Gasteiger partial charge is 0.192 e. The predicted molar refractivity (Wildman–Crippen MR) is 163 cm³/mol. The fourth-order valence-electron chi connectivity index (χ4n) is 5.29. The van der Waals surface area contributed by atoms with Crippen LogP contribution in [0.3, 0.4) is 0 Å². The molecule has 0 atom stereocenters. The maximum Gasteiger partial charge on any atom is 0.0991 e. The smallest absolute Gasteiger partial charge is 0.0991 e. The topological polar surface area (TPSA) is 47.6 Å². The van der Waals surface area contributed by atoms with Crippen molar-refractivity contribution in [3.8, 4) is 67.8 Å². The SMILES string of the molecule is N#Cc1ccc(-c2cc(-c3ccccc3)c(-c3ccc(C#N)cc3)c(-c3ccccc3)c2-c2ccccc2)cc1. The number of hydrogen-bond donors (Lipinski definition) is 0. The highest BCUT2D eigenvalue weighted by Gasteiger charge is 2.23. The molecule has 0 unspecified atom stereocenters. The van der Waals surface area contributed by atoms with E-state index in [0.29, 0.717) is 11.1 Å². The summed E-state index contributed by atoms with van der Waals surface area (Å²) < 4.78 is 0. The zero-order valence-corrected chi connectivity index (χ0v) is 21.8. The van der Waals surface area contributed by atoms with E-state index in [-0.39, 0.29) is 0 Å². The van der Waals surface area contributed by atoms with Crippen molar-refractivity contribution in [2.75, 3.05) is 0 Å². The average molecular weight is 509 g/mol. The van der Waals surface area contributed by atoms with E-state index in [4.69, 9.17) is 0 Å². The minimum Gasteiger partial charge on any atom is -0.192 e. The Bertz CT molecular complexity index is 1860. The van der Waals surface area contributed by atoms with Crippen molar-refractivity contribution < 1.29 is 0 Å². The molecule has 0 spiro atoms. The van der Waals surface area contributed by atoms with Gasteiger partial charge in [-0.2, -0.15) is 10.5 Å². The lowest BCUT2D eigenvalue weighted by Gasteiger charge is -2.24. The van der Waals surface area contributed by atoms with E-state index in [1.165, 1.54) is 0 Å². The Morgan fingerprint density at radius 3 is 1.07 bits per heavy atom. The summed E-state index contributed by atoms with van der Waals surface area (Å²) in [4.78, 5) is 0. The molecule has 0 saturated carbocycles. The molecule has 0 fully saturated rings. The standard InChI is InChI=1S/C38H24N2/c39-25-27-16-20-30(21-17-27)35-24-34(29-10-4-1-5-11-29)37(33-22-18-28(26-40)19-23-33)38(32-14-8-3-9-15-32)36(35)31-12-6-2-7-13-31/h1-24H. The van der Waals surface area contributed by atoms with Crippen molar-refractivity contribution in [1.82, 2.24) is 0 Å². The van der Waals surface area contributed by atoms with Crippen molar-refractivity contribution >= 4 is 0 Å². The molecule has 0 heterocycles. The molecule has 6 aromatic rings. The monoisotopic (exact) mass is 508 g/mol. The third kappa shape index (κ3) is 4.67. The lowest BCUT2D eigenvalue weighted by molar-refractivity contribution is 1.47. The lowest BCUT2D eigenvalue weighted by atomic mass is 9.79. The number of nitriles is 2. The van der Waals surface area contributed by atoms with Gasteiger partial charge in [-0.3, -0.25) is 0 Å². The molecular weight excluding hydrogens is 484 g/mol. The lowest BCUT2D eigenvalue weighted by Crippen LogP contribution is -1.98. The van der Waals surface area contributed by atoms with E-state index < -0.39 is 0 Å². The van der Waals surface area contributed by atoms with Crippen LogP contribution in [-0.4, -0.2) is 0 Å². The van der Waals surface area contributed by atoms with Crippen LogP contribution in [0.4, 0.5) is 0 Å². The maximum absolute atomic E-state index is 9.49. The van der Waals surface area contributed by atoms with Gasteiger partial charge in [0.05, 0.1) is 23.3 Å². The van der Waals surface area contributed by atoms with Crippen LogP contribution in [0.25, 0.3) is 55.6 Å². The van der Waals surface area contributed by atoms with E-state index in [1.54, 1.807) is 0 Å². The van der Waals surface area contributed by atoms with Crippen LogP contribution >= 0.6 is 0 Å². The van der Waals surface area contributed by atoms with E-state index in [2.05, 4.69) is 91.0 Å². The number of hydrogen-bond acceptors (Lipinski definition) is 2. The van der Waals surface area contributed by atoms with Crippen LogP contribution in [0, 0.1) is 22.7 Å². The Morgan fingerprint density at radius 2 is 0.650 bits per heavy atom. The van der Waals surface area contributed by atoms with Gasteiger partial charge in [0.1, 0.15) is 0 Å². The van der Waals surface area contributed by atoms with Crippen LogP contribution in [-0.2, 0) is 0 Å². The van der Waals surface area contributed by atoms with Crippen LogP contribution in [0.5, 0.6) is 0 Å². The summed E-state index contributed by atoms with van der Waals surface area (Å²) in [5.41, 5.74) is 12.2. The van der Waals surface area contributed by atoms with Crippen molar-refractivity contribution in [2.24, 2.45) is 0 Å². The second-order valence-corrected chi connectivity index (χ2v) is 9.57. The van der Waals surface area contributed by atoms with Gasteiger partial charge in [-0.1, -0.05) is 115 Å². The molecular formula is C38H24N2. The Morgan fingerprint density at radius 1 is 0.325 bits per heavy atom. The first kappa shape index (κ1) is 24.6. The summed E-state index contributed by atoms with van der Waals surface area (Å²) in [6.45, 7) is 0. The maximum atomic E-state index is 9.49. The van der Waals surface area contributed by atoms with Gasteiger partial charge in [0.15, 0.2) is 0 Å². The van der Waals surface area contributed by atoms with Crippen LogP contribution in [0.1, 0.15) is 11.1 Å². The molecule has 0 aromatic heterocycles. The van der Waals surface area contributed by atoms with Gasteiger partial charge in [-0.05, 0) is 86.0 Å². The van der Waals surface area contributed by atoms with Crippen molar-refractivity contribution in [2.45, 2.75) is 0 Å². The van der Waals surface area contributed by atoms with Crippen molar-refractivity contribution in [1.29, 1.82) is 10.5 Å². The van der Waals surface area contributed by atoms with Gasteiger partial charge in [-0.15, -0.1) is 0 Å². The van der Waals surface area contributed by atoms with E-state index >= 15 is 0 Å². The Kier molecular flexibility index (Phi) is 6.75. The molecule has 186 valence electrons. The highest BCUT2D eigenvalue weighted by atomic mass is 14.3. The van der Waals surface area contributed by atoms with Crippen LogP contribution in [0.15, 0.2) is 146 Å². The van der Waals surface area contributed by atoms with Gasteiger partial charge in [0.25, 0.3) is 0 Å². The average Bonchev–Trinajstić information content (AvgIpc) is 3.05. The van der Waals surface area contributed by atoms with Crippen LogP contribution in [0.2, 0.25) is 0 Å². The van der Waals surface area contributed by atoms with E-state index in [1.807, 2.05) is 66.7 Å². The summed E-state index contributed by atoms with van der Waals surface area (Å²) in [5.74, 6) is 0. The molecule has 0 saturated heterocycles. The molecule has 0 aliphatic carbocycles. The van der Waals surface area contributed by atoms with E-state index in [0.717, 1.165) is 55.6 Å². The first-order valence-electron chi connectivity index (χ1n) is 13.1. The summed E-state index contributed by atoms with van der Waals surface area (Å²) >= 11 is 0. The molecule has 0 amide bonds. The third-order valence-electron chi connectivity index (χ3n) is 7.16. The summed E-state index contributed by atoms with van der Waals surface area (Å²) in [5, 5.41) is 18.9. The molecule has 2 heteroatoms. The molecule has 0 aliphatic heterocycles. The van der Waals surface area contributed by atoms with Gasteiger partial charge in [0, 0.05) is 0 Å². The Hall–Kier alpha value is -5.70. The van der Waals surface area contributed by atoms with Gasteiger partial charge in [-0.25, -0.2) is 0 Å². The molecule has 0 bridgehead atoms. The minimum absolute atomic E-state index is 0.628. The molecule has 0 aliphatic rings. The molecule has 6 aromatic carbocycles. The fourth-order valence-corrected chi connectivity index (χ4v) is 5.29. The Labute approximate surface area is 234 Å². The predicted octanol–water partition coefficient (Wildman–Crippen LogP) is 9.76. The highest BCUT2D eigenvalue weighted by molar-refractivity contribution is 6.07. The van der Waals surface area contributed by atoms with Crippen molar-refractivity contribution in [3.63, 3.8) is 0 Å². The molecule has 6 rings (SSSR count). The minimum atomic E-state index is 0.628. The normalized spacial score (nSPS) is 10.4. The van der Waals surface area contributed by atoms with Gasteiger partial charge in [0.2, 0.25) is 0 Å². The second kappa shape index (κ2) is 11.0. The number of benzene rings is 6. The quantitative estimate of drug-likeness (QED) is 0.233. The van der Waals surface area contributed by atoms with Crippen molar-refractivity contribution in [3.05, 3.63) is 157 Å². The van der Waals surface area contributed by atoms with Gasteiger partial charge < -0.3 is 0 Å².